The van der Waals surface area contributed by atoms with Crippen molar-refractivity contribution in [3.05, 3.63) is 28.8 Å². The van der Waals surface area contributed by atoms with Crippen LogP contribution in [-0.2, 0) is 16.1 Å². The molecule has 1 saturated carbocycles. The van der Waals surface area contributed by atoms with Crippen LogP contribution in [0.2, 0.25) is 5.02 Å². The maximum atomic E-state index is 11.8. The Morgan fingerprint density at radius 1 is 1.38 bits per heavy atom. The van der Waals surface area contributed by atoms with Gasteiger partial charge in [0.05, 0.1) is 6.54 Å². The molecule has 1 unspecified atom stereocenters. The molecule has 2 aliphatic rings. The molecule has 2 amide bonds. The number of hydrogen-bond acceptors (Lipinski definition) is 4. The molecule has 3 rings (SSSR count). The van der Waals surface area contributed by atoms with Crippen LogP contribution in [0.5, 0.6) is 0 Å². The number of rotatable bonds is 4. The summed E-state index contributed by atoms with van der Waals surface area (Å²) in [6, 6.07) is 5.83. The fourth-order valence-corrected chi connectivity index (χ4v) is 2.67. The maximum absolute atomic E-state index is 11.8. The molecular formula is C15H18ClN3O2. The van der Waals surface area contributed by atoms with Crippen LogP contribution in [0, 0.1) is 0 Å². The molecule has 1 heterocycles. The van der Waals surface area contributed by atoms with Gasteiger partial charge in [-0.05, 0) is 37.5 Å². The van der Waals surface area contributed by atoms with E-state index in [0.717, 1.165) is 17.8 Å². The van der Waals surface area contributed by atoms with Crippen molar-refractivity contribution in [1.29, 1.82) is 0 Å². The molecule has 21 heavy (non-hydrogen) atoms. The first-order valence-electron chi connectivity index (χ1n) is 7.17. The Bertz CT molecular complexity index is 586. The lowest BCUT2D eigenvalue weighted by Gasteiger charge is -2.35. The summed E-state index contributed by atoms with van der Waals surface area (Å²) in [5.74, 6) is -0.550. The quantitative estimate of drug-likeness (QED) is 0.827. The molecule has 1 aliphatic carbocycles. The van der Waals surface area contributed by atoms with E-state index in [0.29, 0.717) is 11.1 Å². The normalized spacial score (nSPS) is 22.4. The third-order valence-electron chi connectivity index (χ3n) is 3.94. The Kier molecular flexibility index (Phi) is 3.87. The molecule has 1 aromatic rings. The number of amides is 2. The first-order valence-corrected chi connectivity index (χ1v) is 7.54. The van der Waals surface area contributed by atoms with E-state index in [-0.39, 0.29) is 24.4 Å². The van der Waals surface area contributed by atoms with E-state index >= 15 is 0 Å². The predicted molar refractivity (Wildman–Crippen MR) is 81.3 cm³/mol. The molecule has 112 valence electrons. The van der Waals surface area contributed by atoms with E-state index in [9.17, 15) is 9.59 Å². The van der Waals surface area contributed by atoms with Crippen molar-refractivity contribution in [3.63, 3.8) is 0 Å². The van der Waals surface area contributed by atoms with Crippen LogP contribution < -0.4 is 15.5 Å². The molecular weight excluding hydrogens is 290 g/mol. The summed E-state index contributed by atoms with van der Waals surface area (Å²) < 4.78 is 0. The van der Waals surface area contributed by atoms with E-state index in [1.807, 2.05) is 23.1 Å². The van der Waals surface area contributed by atoms with Crippen molar-refractivity contribution in [2.75, 3.05) is 11.4 Å². The molecule has 1 aliphatic heterocycles. The van der Waals surface area contributed by atoms with Crippen LogP contribution in [0.15, 0.2) is 18.2 Å². The van der Waals surface area contributed by atoms with Gasteiger partial charge in [-0.2, -0.15) is 0 Å². The van der Waals surface area contributed by atoms with Gasteiger partial charge in [0.1, 0.15) is 6.04 Å². The summed E-state index contributed by atoms with van der Waals surface area (Å²) in [6.45, 7) is 2.68. The average Bonchev–Trinajstić information content (AvgIpc) is 3.25. The largest absolute Gasteiger partial charge is 0.350 e. The second kappa shape index (κ2) is 5.66. The lowest BCUT2D eigenvalue weighted by molar-refractivity contribution is -0.132. The lowest BCUT2D eigenvalue weighted by Crippen LogP contribution is -2.57. The van der Waals surface area contributed by atoms with Crippen LogP contribution in [0.1, 0.15) is 25.3 Å². The molecule has 1 atom stereocenters. The molecule has 5 nitrogen and oxygen atoms in total. The minimum Gasteiger partial charge on any atom is -0.350 e. The van der Waals surface area contributed by atoms with Crippen LogP contribution in [0.25, 0.3) is 0 Å². The van der Waals surface area contributed by atoms with Crippen molar-refractivity contribution in [3.8, 4) is 0 Å². The number of anilines is 1. The fraction of sp³-hybridized carbons (Fsp3) is 0.467. The molecule has 0 aromatic heterocycles. The number of benzene rings is 1. The van der Waals surface area contributed by atoms with E-state index in [1.54, 1.807) is 6.92 Å². The molecule has 2 fully saturated rings. The number of carbonyl (C=O) groups is 2. The Labute approximate surface area is 128 Å². The highest BCUT2D eigenvalue weighted by Crippen LogP contribution is 2.29. The highest BCUT2D eigenvalue weighted by molar-refractivity contribution is 6.30. The highest BCUT2D eigenvalue weighted by Gasteiger charge is 2.31. The van der Waals surface area contributed by atoms with E-state index < -0.39 is 0 Å². The monoisotopic (exact) mass is 307 g/mol. The second-order valence-electron chi connectivity index (χ2n) is 5.64. The maximum Gasteiger partial charge on any atom is 0.249 e. The zero-order chi connectivity index (χ0) is 15.0. The molecule has 1 saturated heterocycles. The van der Waals surface area contributed by atoms with E-state index in [4.69, 9.17) is 11.6 Å². The molecule has 0 bridgehead atoms. The summed E-state index contributed by atoms with van der Waals surface area (Å²) in [7, 11) is 0. The first kappa shape index (κ1) is 14.4. The first-order chi connectivity index (χ1) is 10.0. The topological polar surface area (TPSA) is 61.4 Å². The third kappa shape index (κ3) is 3.19. The van der Waals surface area contributed by atoms with Gasteiger partial charge in [-0.3, -0.25) is 14.9 Å². The Balaban J connectivity index is 1.88. The third-order valence-corrected chi connectivity index (χ3v) is 4.17. The van der Waals surface area contributed by atoms with Crippen molar-refractivity contribution < 1.29 is 9.59 Å². The van der Waals surface area contributed by atoms with E-state index in [2.05, 4.69) is 10.6 Å². The summed E-state index contributed by atoms with van der Waals surface area (Å²) >= 11 is 6.10. The Morgan fingerprint density at radius 3 is 2.86 bits per heavy atom. The van der Waals surface area contributed by atoms with Gasteiger partial charge in [0.2, 0.25) is 11.8 Å². The smallest absolute Gasteiger partial charge is 0.249 e. The van der Waals surface area contributed by atoms with Gasteiger partial charge < -0.3 is 10.2 Å². The number of halogens is 1. The summed E-state index contributed by atoms with van der Waals surface area (Å²) in [5, 5.41) is 6.41. The van der Waals surface area contributed by atoms with Gasteiger partial charge in [-0.15, -0.1) is 0 Å². The minimum absolute atomic E-state index is 0.170. The predicted octanol–water partition coefficient (Wildman–Crippen LogP) is 1.44. The van der Waals surface area contributed by atoms with Gasteiger partial charge in [-0.1, -0.05) is 17.7 Å². The number of nitrogens with one attached hydrogen (secondary N) is 2. The number of carbonyl (C=O) groups excluding carboxylic acids is 2. The van der Waals surface area contributed by atoms with Gasteiger partial charge >= 0.3 is 0 Å². The molecule has 6 heteroatoms. The van der Waals surface area contributed by atoms with Gasteiger partial charge in [0.15, 0.2) is 0 Å². The summed E-state index contributed by atoms with van der Waals surface area (Å²) in [4.78, 5) is 25.3. The molecule has 1 aromatic carbocycles. The van der Waals surface area contributed by atoms with Gasteiger partial charge in [0.25, 0.3) is 0 Å². The van der Waals surface area contributed by atoms with Crippen molar-refractivity contribution in [2.45, 2.75) is 38.4 Å². The van der Waals surface area contributed by atoms with Crippen molar-refractivity contribution in [2.24, 2.45) is 0 Å². The van der Waals surface area contributed by atoms with Crippen molar-refractivity contribution in [1.82, 2.24) is 10.6 Å². The zero-order valence-corrected chi connectivity index (χ0v) is 12.6. The standard InChI is InChI=1S/C15H18ClN3O2/c1-9-15(21)18-14(20)8-19(9)13-6-11(16)3-2-10(13)7-17-12-4-5-12/h2-3,6,9,12,17H,4-5,7-8H2,1H3,(H,18,20,21). The Morgan fingerprint density at radius 2 is 2.14 bits per heavy atom. The van der Waals surface area contributed by atoms with Crippen LogP contribution in [-0.4, -0.2) is 30.4 Å². The molecule has 0 spiro atoms. The minimum atomic E-state index is -0.388. The fourth-order valence-electron chi connectivity index (χ4n) is 2.50. The number of imide groups is 1. The summed E-state index contributed by atoms with van der Waals surface area (Å²) in [5.41, 5.74) is 1.91. The van der Waals surface area contributed by atoms with Crippen LogP contribution in [0.4, 0.5) is 5.69 Å². The number of hydrogen-bond donors (Lipinski definition) is 2. The highest BCUT2D eigenvalue weighted by atomic mass is 35.5. The number of nitrogens with zero attached hydrogens (tertiary/aromatic N) is 1. The SMILES string of the molecule is CC1C(=O)NC(=O)CN1c1cc(Cl)ccc1CNC1CC1. The van der Waals surface area contributed by atoms with Gasteiger partial charge in [0, 0.05) is 23.3 Å². The van der Waals surface area contributed by atoms with Crippen LogP contribution >= 0.6 is 11.6 Å². The lowest BCUT2D eigenvalue weighted by atomic mass is 10.1. The Hall–Kier alpha value is -1.59. The zero-order valence-electron chi connectivity index (χ0n) is 11.9. The summed E-state index contributed by atoms with van der Waals surface area (Å²) in [6.07, 6.45) is 2.42. The van der Waals surface area contributed by atoms with Crippen LogP contribution in [0.3, 0.4) is 0 Å². The number of piperazine rings is 1. The average molecular weight is 308 g/mol. The molecule has 0 radical (unpaired) electrons. The second-order valence-corrected chi connectivity index (χ2v) is 6.08. The van der Waals surface area contributed by atoms with Crippen molar-refractivity contribution >= 4 is 29.1 Å². The van der Waals surface area contributed by atoms with E-state index in [1.165, 1.54) is 12.8 Å². The van der Waals surface area contributed by atoms with Gasteiger partial charge in [-0.25, -0.2) is 0 Å². The molecule has 2 N–H and O–H groups in total.